The smallest absolute Gasteiger partial charge is 0.0431 e. The second kappa shape index (κ2) is 8.57. The molecule has 0 heterocycles. The monoisotopic (exact) mass is 219 g/mol. The van der Waals surface area contributed by atoms with Gasteiger partial charge in [-0.15, -0.1) is 0 Å². The van der Waals surface area contributed by atoms with Gasteiger partial charge < -0.3 is 10.4 Å². The normalized spacial score (nSPS) is 12.0. The molecule has 0 amide bonds. The molecule has 0 radical (unpaired) electrons. The van der Waals surface area contributed by atoms with Crippen LogP contribution in [0.15, 0.2) is 0 Å². The highest BCUT2D eigenvalue weighted by atomic mass is 32.2. The third-order valence-corrected chi connectivity index (χ3v) is 3.14. The highest BCUT2D eigenvalue weighted by molar-refractivity contribution is 7.99. The Labute approximate surface area is 92.9 Å². The first-order valence-corrected chi connectivity index (χ1v) is 6.67. The van der Waals surface area contributed by atoms with E-state index in [9.17, 15) is 0 Å². The van der Waals surface area contributed by atoms with Crippen LogP contribution >= 0.6 is 11.8 Å². The molecule has 0 saturated heterocycles. The van der Waals surface area contributed by atoms with Crippen molar-refractivity contribution in [2.75, 3.05) is 31.2 Å². The highest BCUT2D eigenvalue weighted by Crippen LogP contribution is 2.20. The van der Waals surface area contributed by atoms with Crippen molar-refractivity contribution in [3.8, 4) is 0 Å². The quantitative estimate of drug-likeness (QED) is 0.583. The molecule has 0 saturated carbocycles. The molecule has 14 heavy (non-hydrogen) atoms. The molecule has 2 N–H and O–H groups in total. The van der Waals surface area contributed by atoms with Crippen molar-refractivity contribution < 1.29 is 5.11 Å². The van der Waals surface area contributed by atoms with Crippen LogP contribution in [0.3, 0.4) is 0 Å². The molecule has 2 nitrogen and oxygen atoms in total. The molecule has 0 fully saturated rings. The predicted molar refractivity (Wildman–Crippen MR) is 66.0 cm³/mol. The maximum atomic E-state index is 8.75. The van der Waals surface area contributed by atoms with E-state index in [1.54, 1.807) is 0 Å². The summed E-state index contributed by atoms with van der Waals surface area (Å²) in [6, 6.07) is 0. The summed E-state index contributed by atoms with van der Waals surface area (Å²) in [6.07, 6.45) is 2.01. The molecule has 0 aliphatic heterocycles. The molecule has 0 bridgehead atoms. The number of hydrogen-bond acceptors (Lipinski definition) is 3. The highest BCUT2D eigenvalue weighted by Gasteiger charge is 2.15. The van der Waals surface area contributed by atoms with Crippen LogP contribution in [0.2, 0.25) is 0 Å². The first kappa shape index (κ1) is 14.3. The number of nitrogens with one attached hydrogen (secondary N) is 1. The van der Waals surface area contributed by atoms with Gasteiger partial charge in [0.25, 0.3) is 0 Å². The summed E-state index contributed by atoms with van der Waals surface area (Å²) in [4.78, 5) is 0. The minimum atomic E-state index is 0.315. The summed E-state index contributed by atoms with van der Waals surface area (Å²) < 4.78 is 0. The molecular formula is C11H25NOS. The summed E-state index contributed by atoms with van der Waals surface area (Å²) in [5, 5.41) is 12.2. The Bertz CT molecular complexity index is 128. The molecule has 0 spiro atoms. The van der Waals surface area contributed by atoms with E-state index in [4.69, 9.17) is 5.11 Å². The van der Waals surface area contributed by atoms with Crippen LogP contribution in [-0.2, 0) is 0 Å². The van der Waals surface area contributed by atoms with Crippen molar-refractivity contribution >= 4 is 11.8 Å². The van der Waals surface area contributed by atoms with Gasteiger partial charge in [-0.25, -0.2) is 0 Å². The van der Waals surface area contributed by atoms with Gasteiger partial charge in [-0.05, 0) is 24.0 Å². The molecular weight excluding hydrogens is 194 g/mol. The summed E-state index contributed by atoms with van der Waals surface area (Å²) >= 11 is 1.97. The number of aliphatic hydroxyl groups excluding tert-OH is 1. The van der Waals surface area contributed by atoms with Gasteiger partial charge in [-0.2, -0.15) is 11.8 Å². The topological polar surface area (TPSA) is 32.3 Å². The Morgan fingerprint density at radius 2 is 2.07 bits per heavy atom. The minimum absolute atomic E-state index is 0.315. The van der Waals surface area contributed by atoms with E-state index in [-0.39, 0.29) is 0 Å². The van der Waals surface area contributed by atoms with E-state index >= 15 is 0 Å². The summed E-state index contributed by atoms with van der Waals surface area (Å²) in [5.41, 5.74) is 0.319. The Morgan fingerprint density at radius 1 is 1.36 bits per heavy atom. The van der Waals surface area contributed by atoms with Gasteiger partial charge in [0.15, 0.2) is 0 Å². The fourth-order valence-corrected chi connectivity index (χ4v) is 1.94. The molecule has 0 rings (SSSR count). The van der Waals surface area contributed by atoms with Crippen molar-refractivity contribution in [3.63, 3.8) is 0 Å². The zero-order chi connectivity index (χ0) is 10.9. The average molecular weight is 219 g/mol. The van der Waals surface area contributed by atoms with E-state index in [2.05, 4.69) is 26.1 Å². The van der Waals surface area contributed by atoms with Crippen LogP contribution in [0.25, 0.3) is 0 Å². The molecule has 0 aromatic rings. The number of thioether (sulfide) groups is 1. The van der Waals surface area contributed by atoms with Gasteiger partial charge in [0.1, 0.15) is 0 Å². The molecule has 0 aromatic carbocycles. The van der Waals surface area contributed by atoms with Crippen molar-refractivity contribution in [2.45, 2.75) is 33.6 Å². The molecule has 0 aromatic heterocycles. The van der Waals surface area contributed by atoms with Gasteiger partial charge >= 0.3 is 0 Å². The lowest BCUT2D eigenvalue weighted by Gasteiger charge is -2.24. The number of hydrogen-bond donors (Lipinski definition) is 2. The molecule has 0 unspecified atom stereocenters. The zero-order valence-corrected chi connectivity index (χ0v) is 10.6. The van der Waals surface area contributed by atoms with Crippen LogP contribution in [-0.4, -0.2) is 36.3 Å². The molecule has 3 heteroatoms. The Balaban J connectivity index is 3.35. The third-order valence-electron chi connectivity index (χ3n) is 2.24. The van der Waals surface area contributed by atoms with Crippen molar-refractivity contribution in [1.82, 2.24) is 5.32 Å². The van der Waals surface area contributed by atoms with E-state index < -0.39 is 0 Å². The zero-order valence-electron chi connectivity index (χ0n) is 9.81. The fourth-order valence-electron chi connectivity index (χ4n) is 1.36. The van der Waals surface area contributed by atoms with Crippen LogP contribution in [0, 0.1) is 5.41 Å². The molecule has 86 valence electrons. The average Bonchev–Trinajstić information content (AvgIpc) is 2.15. The second-order valence-corrected chi connectivity index (χ2v) is 5.76. The Hall–Kier alpha value is 0.270. The van der Waals surface area contributed by atoms with Crippen molar-refractivity contribution in [1.29, 1.82) is 0 Å². The van der Waals surface area contributed by atoms with Gasteiger partial charge in [-0.3, -0.25) is 0 Å². The maximum Gasteiger partial charge on any atom is 0.0431 e. The predicted octanol–water partition coefficient (Wildman–Crippen LogP) is 2.13. The van der Waals surface area contributed by atoms with Crippen LogP contribution in [0.5, 0.6) is 0 Å². The Kier molecular flexibility index (Phi) is 8.73. The Morgan fingerprint density at radius 3 is 2.64 bits per heavy atom. The van der Waals surface area contributed by atoms with E-state index in [1.807, 2.05) is 11.8 Å². The van der Waals surface area contributed by atoms with E-state index in [0.29, 0.717) is 12.0 Å². The molecule has 0 aliphatic carbocycles. The van der Waals surface area contributed by atoms with Gasteiger partial charge in [0.2, 0.25) is 0 Å². The van der Waals surface area contributed by atoms with Crippen molar-refractivity contribution in [2.24, 2.45) is 5.41 Å². The largest absolute Gasteiger partial charge is 0.396 e. The number of rotatable bonds is 9. The summed E-state index contributed by atoms with van der Waals surface area (Å²) in [5.74, 6) is 2.40. The van der Waals surface area contributed by atoms with Gasteiger partial charge in [0, 0.05) is 25.4 Å². The fraction of sp³-hybridized carbons (Fsp3) is 1.00. The van der Waals surface area contributed by atoms with Gasteiger partial charge in [0.05, 0.1) is 0 Å². The first-order chi connectivity index (χ1) is 6.62. The summed E-state index contributed by atoms with van der Waals surface area (Å²) in [6.45, 7) is 9.16. The van der Waals surface area contributed by atoms with Crippen LogP contribution < -0.4 is 5.32 Å². The van der Waals surface area contributed by atoms with E-state index in [0.717, 1.165) is 25.9 Å². The maximum absolute atomic E-state index is 8.75. The SMILES string of the molecule is CCSCCNCC(C)(C)CCCO. The lowest BCUT2D eigenvalue weighted by atomic mass is 9.88. The first-order valence-electron chi connectivity index (χ1n) is 5.51. The minimum Gasteiger partial charge on any atom is -0.396 e. The lowest BCUT2D eigenvalue weighted by Crippen LogP contribution is -2.31. The number of aliphatic hydroxyl groups is 1. The molecule has 0 atom stereocenters. The standard InChI is InChI=1S/C11H25NOS/c1-4-14-9-7-12-10-11(2,3)6-5-8-13/h12-13H,4-10H2,1-3H3. The van der Waals surface area contributed by atoms with Gasteiger partial charge in [-0.1, -0.05) is 20.8 Å². The lowest BCUT2D eigenvalue weighted by molar-refractivity contribution is 0.237. The van der Waals surface area contributed by atoms with Crippen LogP contribution in [0.1, 0.15) is 33.6 Å². The van der Waals surface area contributed by atoms with Crippen LogP contribution in [0.4, 0.5) is 0 Å². The van der Waals surface area contributed by atoms with Crippen molar-refractivity contribution in [3.05, 3.63) is 0 Å². The van der Waals surface area contributed by atoms with E-state index in [1.165, 1.54) is 11.5 Å². The summed E-state index contributed by atoms with van der Waals surface area (Å²) in [7, 11) is 0. The third kappa shape index (κ3) is 8.85. The molecule has 0 aliphatic rings. The second-order valence-electron chi connectivity index (χ2n) is 4.37.